The van der Waals surface area contributed by atoms with Crippen LogP contribution >= 0.6 is 0 Å². The smallest absolute Gasteiger partial charge is 0.227 e. The van der Waals surface area contributed by atoms with Crippen molar-refractivity contribution in [3.63, 3.8) is 0 Å². The van der Waals surface area contributed by atoms with Crippen LogP contribution in [0.3, 0.4) is 0 Å². The molecule has 0 bridgehead atoms. The predicted molar refractivity (Wildman–Crippen MR) is 135 cm³/mol. The van der Waals surface area contributed by atoms with Gasteiger partial charge in [-0.05, 0) is 24.8 Å². The van der Waals surface area contributed by atoms with Crippen molar-refractivity contribution in [2.24, 2.45) is 0 Å². The van der Waals surface area contributed by atoms with Gasteiger partial charge in [-0.1, -0.05) is 30.3 Å². The Hall–Kier alpha value is -3.24. The Morgan fingerprint density at radius 1 is 1.06 bits per heavy atom. The van der Waals surface area contributed by atoms with Crippen molar-refractivity contribution >= 4 is 28.8 Å². The molecule has 35 heavy (non-hydrogen) atoms. The Balaban J connectivity index is 1.26. The van der Waals surface area contributed by atoms with Crippen LogP contribution < -0.4 is 10.6 Å². The fraction of sp³-hybridized carbons (Fsp3) is 0.520. The minimum absolute atomic E-state index is 0.00587. The number of carbonyl (C=O) groups excluding carboxylic acids is 1. The van der Waals surface area contributed by atoms with Crippen LogP contribution in [0.2, 0.25) is 0 Å². The zero-order chi connectivity index (χ0) is 24.0. The minimum atomic E-state index is 0.00587. The average molecular weight is 479 g/mol. The van der Waals surface area contributed by atoms with Gasteiger partial charge in [-0.25, -0.2) is 4.98 Å². The van der Waals surface area contributed by atoms with E-state index in [1.165, 1.54) is 5.56 Å². The van der Waals surface area contributed by atoms with Crippen LogP contribution in [0, 0.1) is 0 Å². The van der Waals surface area contributed by atoms with Crippen LogP contribution in [-0.2, 0) is 17.9 Å². The highest BCUT2D eigenvalue weighted by Gasteiger charge is 2.23. The summed E-state index contributed by atoms with van der Waals surface area (Å²) < 4.78 is 1.99. The van der Waals surface area contributed by atoms with E-state index >= 15 is 0 Å². The van der Waals surface area contributed by atoms with Gasteiger partial charge >= 0.3 is 0 Å². The van der Waals surface area contributed by atoms with Crippen molar-refractivity contribution in [2.45, 2.75) is 44.8 Å². The molecule has 5 rings (SSSR count). The molecular formula is C25H34N8O2. The van der Waals surface area contributed by atoms with E-state index in [0.717, 1.165) is 51.1 Å². The number of anilines is 2. The average Bonchev–Trinajstić information content (AvgIpc) is 3.48. The summed E-state index contributed by atoms with van der Waals surface area (Å²) in [6.07, 6.45) is 5.36. The number of likely N-dealkylation sites (tertiary alicyclic amines) is 2. The van der Waals surface area contributed by atoms with Gasteiger partial charge in [0.2, 0.25) is 11.9 Å². The summed E-state index contributed by atoms with van der Waals surface area (Å²) >= 11 is 0. The molecule has 2 saturated heterocycles. The number of carbonyl (C=O) groups is 1. The van der Waals surface area contributed by atoms with E-state index in [2.05, 4.69) is 55.8 Å². The van der Waals surface area contributed by atoms with Crippen LogP contribution in [-0.4, -0.2) is 85.7 Å². The predicted octanol–water partition coefficient (Wildman–Crippen LogP) is 1.93. The molecule has 4 heterocycles. The molecule has 1 amide bonds. The molecule has 0 aliphatic carbocycles. The van der Waals surface area contributed by atoms with Gasteiger partial charge in [0.15, 0.2) is 17.0 Å². The highest BCUT2D eigenvalue weighted by Crippen LogP contribution is 2.23. The number of aliphatic hydroxyl groups excluding tert-OH is 1. The van der Waals surface area contributed by atoms with Gasteiger partial charge in [-0.15, -0.1) is 0 Å². The van der Waals surface area contributed by atoms with E-state index in [1.807, 2.05) is 9.47 Å². The Morgan fingerprint density at radius 3 is 2.63 bits per heavy atom. The third kappa shape index (κ3) is 5.71. The fourth-order valence-electron chi connectivity index (χ4n) is 4.90. The quantitative estimate of drug-likeness (QED) is 0.405. The first-order valence-electron chi connectivity index (χ1n) is 12.6. The second-order valence-corrected chi connectivity index (χ2v) is 9.32. The topological polar surface area (TPSA) is 111 Å². The van der Waals surface area contributed by atoms with Crippen molar-refractivity contribution in [2.75, 3.05) is 50.0 Å². The highest BCUT2D eigenvalue weighted by atomic mass is 16.3. The molecule has 2 aromatic heterocycles. The van der Waals surface area contributed by atoms with Crippen molar-refractivity contribution < 1.29 is 9.90 Å². The van der Waals surface area contributed by atoms with Crippen molar-refractivity contribution in [1.82, 2.24) is 29.3 Å². The largest absolute Gasteiger partial charge is 0.395 e. The first-order chi connectivity index (χ1) is 17.2. The van der Waals surface area contributed by atoms with Gasteiger partial charge in [0.25, 0.3) is 0 Å². The van der Waals surface area contributed by atoms with Gasteiger partial charge in [0.05, 0.1) is 12.9 Å². The molecular weight excluding hydrogens is 444 g/mol. The zero-order valence-electron chi connectivity index (χ0n) is 20.1. The molecule has 0 atom stereocenters. The number of amides is 1. The Bertz CT molecular complexity index is 1130. The zero-order valence-corrected chi connectivity index (χ0v) is 20.1. The van der Waals surface area contributed by atoms with Gasteiger partial charge in [-0.3, -0.25) is 9.69 Å². The minimum Gasteiger partial charge on any atom is -0.395 e. The molecule has 0 radical (unpaired) electrons. The molecule has 3 N–H and O–H groups in total. The van der Waals surface area contributed by atoms with Crippen molar-refractivity contribution in [3.05, 3.63) is 42.2 Å². The number of hydrogen-bond acceptors (Lipinski definition) is 8. The van der Waals surface area contributed by atoms with Gasteiger partial charge in [0.1, 0.15) is 0 Å². The number of fused-ring (bicyclic) bond motifs is 1. The maximum atomic E-state index is 12.0. The van der Waals surface area contributed by atoms with E-state index < -0.39 is 0 Å². The van der Waals surface area contributed by atoms with E-state index in [1.54, 1.807) is 6.33 Å². The summed E-state index contributed by atoms with van der Waals surface area (Å²) in [5.74, 6) is 1.40. The molecule has 3 aromatic rings. The van der Waals surface area contributed by atoms with Crippen LogP contribution in [0.15, 0.2) is 36.7 Å². The van der Waals surface area contributed by atoms with Gasteiger partial charge in [0, 0.05) is 58.3 Å². The lowest BCUT2D eigenvalue weighted by Gasteiger charge is -2.32. The number of rotatable bonds is 10. The van der Waals surface area contributed by atoms with Crippen LogP contribution in [0.5, 0.6) is 0 Å². The number of nitrogens with one attached hydrogen (secondary N) is 2. The number of aromatic nitrogens is 4. The van der Waals surface area contributed by atoms with Gasteiger partial charge in [-0.2, -0.15) is 9.97 Å². The third-order valence-corrected chi connectivity index (χ3v) is 6.82. The summed E-state index contributed by atoms with van der Waals surface area (Å²) in [5, 5.41) is 16.0. The van der Waals surface area contributed by atoms with E-state index in [-0.39, 0.29) is 12.5 Å². The molecule has 0 saturated carbocycles. The lowest BCUT2D eigenvalue weighted by molar-refractivity contribution is -0.127. The summed E-state index contributed by atoms with van der Waals surface area (Å²) in [4.78, 5) is 30.4. The second kappa shape index (κ2) is 11.0. The Labute approximate surface area is 205 Å². The van der Waals surface area contributed by atoms with Crippen LogP contribution in [0.4, 0.5) is 11.8 Å². The Morgan fingerprint density at radius 2 is 1.89 bits per heavy atom. The standard InChI is InChI=1S/C25H34N8O2/c34-16-10-26-23-22-24(33(18-27-22)15-14-32-11-4-7-21(32)35)30-25(29-23)28-20-8-12-31(13-9-20)17-19-5-2-1-3-6-19/h1-3,5-6,18,20,34H,4,7-17H2,(H2,26,28,29,30). The summed E-state index contributed by atoms with van der Waals surface area (Å²) in [6.45, 7) is 5.51. The molecule has 2 fully saturated rings. The number of imidazole rings is 1. The fourth-order valence-corrected chi connectivity index (χ4v) is 4.90. The molecule has 10 heteroatoms. The first-order valence-corrected chi connectivity index (χ1v) is 12.6. The molecule has 0 unspecified atom stereocenters. The maximum absolute atomic E-state index is 12.0. The Kier molecular flexibility index (Phi) is 7.39. The summed E-state index contributed by atoms with van der Waals surface area (Å²) in [7, 11) is 0. The second-order valence-electron chi connectivity index (χ2n) is 9.32. The number of hydrogen-bond donors (Lipinski definition) is 3. The van der Waals surface area contributed by atoms with E-state index in [0.29, 0.717) is 49.4 Å². The van der Waals surface area contributed by atoms with Crippen LogP contribution in [0.25, 0.3) is 11.2 Å². The normalized spacial score (nSPS) is 17.4. The van der Waals surface area contributed by atoms with E-state index in [4.69, 9.17) is 4.98 Å². The lowest BCUT2D eigenvalue weighted by Crippen LogP contribution is -2.39. The number of benzene rings is 1. The maximum Gasteiger partial charge on any atom is 0.227 e. The third-order valence-electron chi connectivity index (χ3n) is 6.82. The van der Waals surface area contributed by atoms with Gasteiger partial charge < -0.3 is 25.2 Å². The van der Waals surface area contributed by atoms with Crippen molar-refractivity contribution in [3.8, 4) is 0 Å². The summed E-state index contributed by atoms with van der Waals surface area (Å²) in [6, 6.07) is 10.9. The molecule has 0 spiro atoms. The molecule has 2 aliphatic rings. The SMILES string of the molecule is O=C1CCCN1CCn1cnc2c(NCCO)nc(NC3CCN(Cc4ccccc4)CC3)nc21. The monoisotopic (exact) mass is 478 g/mol. The lowest BCUT2D eigenvalue weighted by atomic mass is 10.0. The van der Waals surface area contributed by atoms with E-state index in [9.17, 15) is 9.90 Å². The first kappa shape index (κ1) is 23.5. The molecule has 1 aromatic carbocycles. The molecule has 186 valence electrons. The molecule has 2 aliphatic heterocycles. The number of piperidine rings is 1. The molecule has 10 nitrogen and oxygen atoms in total. The van der Waals surface area contributed by atoms with Crippen LogP contribution in [0.1, 0.15) is 31.2 Å². The number of aliphatic hydroxyl groups is 1. The highest BCUT2D eigenvalue weighted by molar-refractivity contribution is 5.84. The van der Waals surface area contributed by atoms with Crippen molar-refractivity contribution in [1.29, 1.82) is 0 Å². The summed E-state index contributed by atoms with van der Waals surface area (Å²) in [5.41, 5.74) is 2.75. The number of nitrogens with zero attached hydrogens (tertiary/aromatic N) is 6.